The van der Waals surface area contributed by atoms with Gasteiger partial charge in [0.15, 0.2) is 9.84 Å². The topological polar surface area (TPSA) is 86.8 Å². The zero-order valence-electron chi connectivity index (χ0n) is 19.3. The number of aryl methyl sites for hydroxylation is 1. The Kier molecular flexibility index (Phi) is 7.57. The number of nitrogens with zero attached hydrogens (tertiary/aromatic N) is 2. The Bertz CT molecular complexity index is 1300. The highest BCUT2D eigenvalue weighted by atomic mass is 79.9. The summed E-state index contributed by atoms with van der Waals surface area (Å²) in [7, 11) is -3.71. The Morgan fingerprint density at radius 2 is 1.46 bits per heavy atom. The summed E-state index contributed by atoms with van der Waals surface area (Å²) in [5.74, 6) is -1.18. The molecule has 1 aliphatic rings. The number of nitrogens with one attached hydrogen (secondary N) is 1. The van der Waals surface area contributed by atoms with Crippen molar-refractivity contribution >= 4 is 49.0 Å². The van der Waals surface area contributed by atoms with E-state index in [1.165, 1.54) is 12.1 Å². The van der Waals surface area contributed by atoms with Gasteiger partial charge in [-0.2, -0.15) is 0 Å². The lowest BCUT2D eigenvalue weighted by Crippen LogP contribution is -2.48. The van der Waals surface area contributed by atoms with E-state index in [0.717, 1.165) is 15.7 Å². The lowest BCUT2D eigenvalue weighted by atomic mass is 10.1. The quantitative estimate of drug-likeness (QED) is 0.494. The van der Waals surface area contributed by atoms with Gasteiger partial charge < -0.3 is 15.1 Å². The fourth-order valence-corrected chi connectivity index (χ4v) is 5.30. The van der Waals surface area contributed by atoms with Gasteiger partial charge in [0.2, 0.25) is 5.91 Å². The molecule has 2 amide bonds. The maximum atomic E-state index is 12.7. The van der Waals surface area contributed by atoms with Gasteiger partial charge in [-0.05, 0) is 67.6 Å². The molecule has 0 radical (unpaired) electrons. The van der Waals surface area contributed by atoms with Crippen molar-refractivity contribution < 1.29 is 18.0 Å². The molecular weight excluding hydrogens is 530 g/mol. The van der Waals surface area contributed by atoms with Crippen molar-refractivity contribution in [3.63, 3.8) is 0 Å². The van der Waals surface area contributed by atoms with E-state index in [1.54, 1.807) is 24.3 Å². The monoisotopic (exact) mass is 555 g/mol. The number of carbonyl (C=O) groups is 2. The molecule has 0 bridgehead atoms. The number of carbonyl (C=O) groups excluding carboxylic acids is 2. The SMILES string of the molecule is Cc1ccc(S(=O)(=O)CC(=O)Nc2ccc(N3CCN(C(=O)c4ccc(Br)cc4)CC3)cc2)cc1. The van der Waals surface area contributed by atoms with Crippen LogP contribution in [0.1, 0.15) is 15.9 Å². The number of rotatable bonds is 6. The Hall–Kier alpha value is -3.17. The van der Waals surface area contributed by atoms with Crippen LogP contribution in [-0.2, 0) is 14.6 Å². The van der Waals surface area contributed by atoms with Gasteiger partial charge >= 0.3 is 0 Å². The molecule has 182 valence electrons. The molecule has 3 aromatic carbocycles. The van der Waals surface area contributed by atoms with Crippen LogP contribution in [0.2, 0.25) is 0 Å². The molecule has 4 rings (SSSR count). The number of amides is 2. The minimum atomic E-state index is -3.71. The Labute approximate surface area is 213 Å². The van der Waals surface area contributed by atoms with Gasteiger partial charge in [-0.3, -0.25) is 9.59 Å². The molecule has 1 heterocycles. The van der Waals surface area contributed by atoms with Gasteiger partial charge in [0.05, 0.1) is 4.90 Å². The number of anilines is 2. The van der Waals surface area contributed by atoms with Crippen LogP contribution in [0.15, 0.2) is 82.2 Å². The molecule has 1 aliphatic heterocycles. The summed E-state index contributed by atoms with van der Waals surface area (Å²) in [6, 6.07) is 21.1. The highest BCUT2D eigenvalue weighted by Gasteiger charge is 2.23. The van der Waals surface area contributed by atoms with Gasteiger partial charge in [-0.15, -0.1) is 0 Å². The fourth-order valence-electron chi connectivity index (χ4n) is 3.90. The van der Waals surface area contributed by atoms with Gasteiger partial charge in [0.1, 0.15) is 5.75 Å². The number of hydrogen-bond donors (Lipinski definition) is 1. The Balaban J connectivity index is 1.30. The van der Waals surface area contributed by atoms with Crippen LogP contribution >= 0.6 is 15.9 Å². The minimum absolute atomic E-state index is 0.0239. The van der Waals surface area contributed by atoms with Crippen LogP contribution in [0, 0.1) is 6.92 Å². The number of halogens is 1. The van der Waals surface area contributed by atoms with Crippen molar-refractivity contribution in [3.05, 3.63) is 88.4 Å². The van der Waals surface area contributed by atoms with Crippen LogP contribution in [0.3, 0.4) is 0 Å². The third-order valence-electron chi connectivity index (χ3n) is 5.88. The van der Waals surface area contributed by atoms with Crippen molar-refractivity contribution in [1.82, 2.24) is 4.90 Å². The van der Waals surface area contributed by atoms with Gasteiger partial charge in [0, 0.05) is 47.6 Å². The number of sulfone groups is 1. The van der Waals surface area contributed by atoms with Crippen molar-refractivity contribution in [3.8, 4) is 0 Å². The Morgan fingerprint density at radius 1 is 0.857 bits per heavy atom. The summed E-state index contributed by atoms with van der Waals surface area (Å²) >= 11 is 3.39. The molecule has 9 heteroatoms. The van der Waals surface area contributed by atoms with E-state index < -0.39 is 21.5 Å². The highest BCUT2D eigenvalue weighted by Crippen LogP contribution is 2.21. The van der Waals surface area contributed by atoms with Crippen LogP contribution in [0.4, 0.5) is 11.4 Å². The van der Waals surface area contributed by atoms with Crippen molar-refractivity contribution in [2.45, 2.75) is 11.8 Å². The zero-order chi connectivity index (χ0) is 25.0. The summed E-state index contributed by atoms with van der Waals surface area (Å²) in [5, 5.41) is 2.66. The average molecular weight is 556 g/mol. The van der Waals surface area contributed by atoms with Crippen LogP contribution < -0.4 is 10.2 Å². The first-order valence-electron chi connectivity index (χ1n) is 11.2. The van der Waals surface area contributed by atoms with Gasteiger partial charge in [-0.1, -0.05) is 33.6 Å². The van der Waals surface area contributed by atoms with Crippen LogP contribution in [0.25, 0.3) is 0 Å². The summed E-state index contributed by atoms with van der Waals surface area (Å²) in [6.07, 6.45) is 0. The van der Waals surface area contributed by atoms with Gasteiger partial charge in [-0.25, -0.2) is 8.42 Å². The van der Waals surface area contributed by atoms with E-state index in [2.05, 4.69) is 26.1 Å². The van der Waals surface area contributed by atoms with Gasteiger partial charge in [0.25, 0.3) is 5.91 Å². The second kappa shape index (κ2) is 10.6. The van der Waals surface area contributed by atoms with Crippen molar-refractivity contribution in [1.29, 1.82) is 0 Å². The van der Waals surface area contributed by atoms with Crippen LogP contribution in [0.5, 0.6) is 0 Å². The Morgan fingerprint density at radius 3 is 2.06 bits per heavy atom. The predicted octanol–water partition coefficient (Wildman–Crippen LogP) is 4.13. The predicted molar refractivity (Wildman–Crippen MR) is 141 cm³/mol. The first kappa shape index (κ1) is 24.9. The summed E-state index contributed by atoms with van der Waals surface area (Å²) in [4.78, 5) is 29.2. The molecule has 1 fully saturated rings. The zero-order valence-corrected chi connectivity index (χ0v) is 21.7. The molecule has 0 aliphatic carbocycles. The van der Waals surface area contributed by atoms with Crippen molar-refractivity contribution in [2.75, 3.05) is 42.1 Å². The largest absolute Gasteiger partial charge is 0.368 e. The molecule has 1 N–H and O–H groups in total. The number of piperazine rings is 1. The summed E-state index contributed by atoms with van der Waals surface area (Å²) < 4.78 is 25.9. The second-order valence-corrected chi connectivity index (χ2v) is 11.4. The molecule has 1 saturated heterocycles. The van der Waals surface area contributed by atoms with Crippen molar-refractivity contribution in [2.24, 2.45) is 0 Å². The molecule has 0 aromatic heterocycles. The lowest BCUT2D eigenvalue weighted by Gasteiger charge is -2.36. The molecule has 35 heavy (non-hydrogen) atoms. The van der Waals surface area contributed by atoms with E-state index in [4.69, 9.17) is 0 Å². The number of benzene rings is 3. The molecule has 3 aromatic rings. The third-order valence-corrected chi connectivity index (χ3v) is 8.04. The average Bonchev–Trinajstić information content (AvgIpc) is 2.84. The van der Waals surface area contributed by atoms with E-state index in [-0.39, 0.29) is 10.8 Å². The maximum absolute atomic E-state index is 12.7. The number of hydrogen-bond acceptors (Lipinski definition) is 5. The standard InChI is InChI=1S/C26H26BrN3O4S/c1-19-2-12-24(13-3-19)35(33,34)18-25(31)28-22-8-10-23(11-9-22)29-14-16-30(17-15-29)26(32)20-4-6-21(27)7-5-20/h2-13H,14-18H2,1H3,(H,28,31). The first-order chi connectivity index (χ1) is 16.7. The third kappa shape index (κ3) is 6.29. The van der Waals surface area contributed by atoms with Crippen LogP contribution in [-0.4, -0.2) is 57.1 Å². The van der Waals surface area contributed by atoms with E-state index in [1.807, 2.05) is 48.2 Å². The van der Waals surface area contributed by atoms with E-state index in [0.29, 0.717) is 37.4 Å². The smallest absolute Gasteiger partial charge is 0.253 e. The second-order valence-electron chi connectivity index (χ2n) is 8.45. The molecule has 0 unspecified atom stereocenters. The highest BCUT2D eigenvalue weighted by molar-refractivity contribution is 9.10. The van der Waals surface area contributed by atoms with E-state index >= 15 is 0 Å². The first-order valence-corrected chi connectivity index (χ1v) is 13.6. The molecule has 0 atom stereocenters. The molecule has 0 spiro atoms. The maximum Gasteiger partial charge on any atom is 0.253 e. The van der Waals surface area contributed by atoms with E-state index in [9.17, 15) is 18.0 Å². The normalized spacial score (nSPS) is 14.0. The minimum Gasteiger partial charge on any atom is -0.368 e. The molecular formula is C26H26BrN3O4S. The lowest BCUT2D eigenvalue weighted by molar-refractivity contribution is -0.113. The fraction of sp³-hybridized carbons (Fsp3) is 0.231. The molecule has 7 nitrogen and oxygen atoms in total. The summed E-state index contributed by atoms with van der Waals surface area (Å²) in [6.45, 7) is 4.50. The molecule has 0 saturated carbocycles. The summed E-state index contributed by atoms with van der Waals surface area (Å²) in [5.41, 5.74) is 3.13.